The third kappa shape index (κ3) is 2.04. The summed E-state index contributed by atoms with van der Waals surface area (Å²) < 4.78 is 9.83. The number of aryl methyl sites for hydroxylation is 1. The molecular weight excluding hydrogens is 186 g/mol. The van der Waals surface area contributed by atoms with E-state index in [4.69, 9.17) is 14.4 Å². The summed E-state index contributed by atoms with van der Waals surface area (Å²) in [5, 5.41) is 12.4. The predicted molar refractivity (Wildman–Crippen MR) is 48.5 cm³/mol. The molecule has 5 heteroatoms. The van der Waals surface area contributed by atoms with Crippen molar-refractivity contribution in [1.82, 2.24) is 5.16 Å². The molecule has 0 aliphatic heterocycles. The highest BCUT2D eigenvalue weighted by Crippen LogP contribution is 2.31. The van der Waals surface area contributed by atoms with Gasteiger partial charge in [0.2, 0.25) is 0 Å². The molecule has 0 fully saturated rings. The van der Waals surface area contributed by atoms with E-state index in [-0.39, 0.29) is 12.3 Å². The molecule has 5 nitrogen and oxygen atoms in total. The zero-order valence-corrected chi connectivity index (χ0v) is 8.40. The third-order valence-electron chi connectivity index (χ3n) is 2.03. The minimum Gasteiger partial charge on any atom is -0.481 e. The van der Waals surface area contributed by atoms with Gasteiger partial charge in [-0.2, -0.15) is 0 Å². The van der Waals surface area contributed by atoms with Gasteiger partial charge in [-0.3, -0.25) is 4.79 Å². The average Bonchev–Trinajstić information content (AvgIpc) is 2.45. The normalized spacial score (nSPS) is 12.5. The second kappa shape index (κ2) is 4.13. The quantitative estimate of drug-likeness (QED) is 0.796. The van der Waals surface area contributed by atoms with Gasteiger partial charge in [-0.25, -0.2) is 0 Å². The molecule has 1 aromatic rings. The Bertz CT molecular complexity index is 332. The maximum atomic E-state index is 10.5. The molecule has 1 aromatic heterocycles. The van der Waals surface area contributed by atoms with Crippen molar-refractivity contribution >= 4 is 5.97 Å². The molecule has 1 unspecified atom stereocenters. The first-order valence-corrected chi connectivity index (χ1v) is 4.28. The summed E-state index contributed by atoms with van der Waals surface area (Å²) in [7, 11) is 1.47. The van der Waals surface area contributed by atoms with Crippen molar-refractivity contribution in [3.05, 3.63) is 11.3 Å². The highest BCUT2D eigenvalue weighted by atomic mass is 16.6. The third-order valence-corrected chi connectivity index (χ3v) is 2.03. The van der Waals surface area contributed by atoms with E-state index < -0.39 is 5.97 Å². The number of carboxylic acids is 1. The van der Waals surface area contributed by atoms with Gasteiger partial charge >= 0.3 is 11.9 Å². The number of methoxy groups -OCH3 is 1. The zero-order valence-electron chi connectivity index (χ0n) is 8.40. The summed E-state index contributed by atoms with van der Waals surface area (Å²) >= 11 is 0. The zero-order chi connectivity index (χ0) is 10.7. The lowest BCUT2D eigenvalue weighted by molar-refractivity contribution is -0.137. The van der Waals surface area contributed by atoms with Gasteiger partial charge in [0.25, 0.3) is 0 Å². The van der Waals surface area contributed by atoms with Crippen LogP contribution in [-0.2, 0) is 4.79 Å². The maximum absolute atomic E-state index is 10.5. The molecule has 1 heterocycles. The van der Waals surface area contributed by atoms with E-state index in [1.165, 1.54) is 7.11 Å². The lowest BCUT2D eigenvalue weighted by Gasteiger charge is -2.07. The molecule has 0 aliphatic rings. The van der Waals surface area contributed by atoms with Gasteiger partial charge in [0.05, 0.1) is 24.8 Å². The first kappa shape index (κ1) is 10.6. The largest absolute Gasteiger partial charge is 0.481 e. The molecule has 0 saturated carbocycles. The summed E-state index contributed by atoms with van der Waals surface area (Å²) in [6.07, 6.45) is 0.0401. The molecule has 0 aromatic carbocycles. The Morgan fingerprint density at radius 3 is 2.86 bits per heavy atom. The average molecular weight is 199 g/mol. The van der Waals surface area contributed by atoms with Crippen LogP contribution in [0.1, 0.15) is 30.5 Å². The van der Waals surface area contributed by atoms with E-state index in [0.717, 1.165) is 5.56 Å². The Balaban J connectivity index is 2.92. The van der Waals surface area contributed by atoms with Crippen molar-refractivity contribution in [2.24, 2.45) is 0 Å². The summed E-state index contributed by atoms with van der Waals surface area (Å²) in [5.74, 6) is -0.704. The summed E-state index contributed by atoms with van der Waals surface area (Å²) in [4.78, 5) is 10.5. The fourth-order valence-corrected chi connectivity index (χ4v) is 1.42. The number of carbonyl (C=O) groups is 1. The van der Waals surface area contributed by atoms with Gasteiger partial charge in [0.1, 0.15) is 0 Å². The molecule has 0 bridgehead atoms. The number of hydrogen-bond donors (Lipinski definition) is 1. The number of ether oxygens (including phenoxy) is 1. The Morgan fingerprint density at radius 2 is 2.36 bits per heavy atom. The molecule has 1 rings (SSSR count). The van der Waals surface area contributed by atoms with Gasteiger partial charge < -0.3 is 14.4 Å². The number of rotatable bonds is 4. The van der Waals surface area contributed by atoms with Crippen LogP contribution in [-0.4, -0.2) is 23.3 Å². The topological polar surface area (TPSA) is 72.6 Å². The highest BCUT2D eigenvalue weighted by molar-refractivity contribution is 5.68. The van der Waals surface area contributed by atoms with Crippen LogP contribution in [0.15, 0.2) is 4.52 Å². The molecule has 1 N–H and O–H groups in total. The minimum atomic E-state index is -0.847. The van der Waals surface area contributed by atoms with Crippen LogP contribution in [0.4, 0.5) is 0 Å². The van der Waals surface area contributed by atoms with Crippen molar-refractivity contribution in [2.75, 3.05) is 7.11 Å². The van der Waals surface area contributed by atoms with Gasteiger partial charge in [-0.15, -0.1) is 0 Å². The van der Waals surface area contributed by atoms with Gasteiger partial charge in [0, 0.05) is 5.92 Å². The van der Waals surface area contributed by atoms with Crippen molar-refractivity contribution in [3.63, 3.8) is 0 Å². The van der Waals surface area contributed by atoms with E-state index >= 15 is 0 Å². The first-order chi connectivity index (χ1) is 6.56. The van der Waals surface area contributed by atoms with Crippen LogP contribution in [0, 0.1) is 6.92 Å². The number of aliphatic carboxylic acids is 1. The highest BCUT2D eigenvalue weighted by Gasteiger charge is 2.21. The van der Waals surface area contributed by atoms with Crippen molar-refractivity contribution in [3.8, 4) is 5.95 Å². The van der Waals surface area contributed by atoms with Crippen molar-refractivity contribution < 1.29 is 19.2 Å². The Morgan fingerprint density at radius 1 is 1.71 bits per heavy atom. The van der Waals surface area contributed by atoms with E-state index in [2.05, 4.69) is 5.16 Å². The van der Waals surface area contributed by atoms with Gasteiger partial charge in [-0.05, 0) is 6.92 Å². The Kier molecular flexibility index (Phi) is 3.11. The van der Waals surface area contributed by atoms with Crippen LogP contribution in [0.3, 0.4) is 0 Å². The van der Waals surface area contributed by atoms with Crippen LogP contribution >= 0.6 is 0 Å². The van der Waals surface area contributed by atoms with Crippen molar-refractivity contribution in [1.29, 1.82) is 0 Å². The van der Waals surface area contributed by atoms with Crippen molar-refractivity contribution in [2.45, 2.75) is 26.2 Å². The first-order valence-electron chi connectivity index (χ1n) is 4.28. The van der Waals surface area contributed by atoms with Crippen LogP contribution in [0.2, 0.25) is 0 Å². The second-order valence-electron chi connectivity index (χ2n) is 3.17. The molecule has 14 heavy (non-hydrogen) atoms. The lowest BCUT2D eigenvalue weighted by atomic mass is 9.98. The van der Waals surface area contributed by atoms with E-state index in [0.29, 0.717) is 11.6 Å². The monoisotopic (exact) mass is 199 g/mol. The van der Waals surface area contributed by atoms with Crippen LogP contribution in [0.5, 0.6) is 5.95 Å². The van der Waals surface area contributed by atoms with Crippen LogP contribution in [0.25, 0.3) is 0 Å². The molecular formula is C9H13NO4. The second-order valence-corrected chi connectivity index (χ2v) is 3.17. The molecule has 0 saturated heterocycles. The van der Waals surface area contributed by atoms with Gasteiger partial charge in [-0.1, -0.05) is 12.1 Å². The smallest absolute Gasteiger partial charge is 0.314 e. The molecule has 78 valence electrons. The molecule has 0 aliphatic carbocycles. The standard InChI is InChI=1S/C9H13NO4/c1-5(4-7(11)12)8-6(2)10-14-9(8)13-3/h5H,4H2,1-3H3,(H,11,12). The Labute approximate surface area is 81.7 Å². The van der Waals surface area contributed by atoms with E-state index in [1.54, 1.807) is 13.8 Å². The van der Waals surface area contributed by atoms with Gasteiger partial charge in [0.15, 0.2) is 0 Å². The molecule has 0 radical (unpaired) electrons. The summed E-state index contributed by atoms with van der Waals surface area (Å²) in [6, 6.07) is 0. The maximum Gasteiger partial charge on any atom is 0.314 e. The van der Waals surface area contributed by atoms with E-state index in [1.807, 2.05) is 0 Å². The lowest BCUT2D eigenvalue weighted by Crippen LogP contribution is -2.04. The van der Waals surface area contributed by atoms with E-state index in [9.17, 15) is 4.79 Å². The molecule has 0 spiro atoms. The predicted octanol–water partition coefficient (Wildman–Crippen LogP) is 1.57. The number of carboxylic acid groups (broad SMARTS) is 1. The minimum absolute atomic E-state index is 0.0401. The molecule has 0 amide bonds. The number of aromatic nitrogens is 1. The number of hydrogen-bond acceptors (Lipinski definition) is 4. The fraction of sp³-hybridized carbons (Fsp3) is 0.556. The summed E-state index contributed by atoms with van der Waals surface area (Å²) in [6.45, 7) is 3.57. The molecule has 1 atom stereocenters. The van der Waals surface area contributed by atoms with Crippen LogP contribution < -0.4 is 4.74 Å². The Hall–Kier alpha value is -1.52. The number of nitrogens with zero attached hydrogens (tertiary/aromatic N) is 1. The fourth-order valence-electron chi connectivity index (χ4n) is 1.42. The summed E-state index contributed by atoms with van der Waals surface area (Å²) in [5.41, 5.74) is 1.41. The SMILES string of the molecule is COc1onc(C)c1C(C)CC(=O)O.